The molecule has 2 aromatic heterocycles. The van der Waals surface area contributed by atoms with Gasteiger partial charge in [0.2, 0.25) is 5.95 Å². The first kappa shape index (κ1) is 20.8. The lowest BCUT2D eigenvalue weighted by Crippen LogP contribution is -2.36. The zero-order valence-corrected chi connectivity index (χ0v) is 18.4. The number of hydrogen-bond donors (Lipinski definition) is 0. The summed E-state index contributed by atoms with van der Waals surface area (Å²) < 4.78 is 1.96. The van der Waals surface area contributed by atoms with Crippen molar-refractivity contribution in [3.05, 3.63) is 69.5 Å². The third-order valence-electron chi connectivity index (χ3n) is 6.11. The molecule has 0 saturated carbocycles. The van der Waals surface area contributed by atoms with E-state index in [2.05, 4.69) is 15.1 Å². The number of fused-ring (bicyclic) bond motifs is 3. The number of benzene rings is 2. The van der Waals surface area contributed by atoms with Crippen LogP contribution in [0.5, 0.6) is 0 Å². The van der Waals surface area contributed by atoms with Crippen LogP contribution in [0.4, 0.5) is 11.6 Å². The molecule has 4 aromatic rings. The van der Waals surface area contributed by atoms with Gasteiger partial charge in [0.05, 0.1) is 10.4 Å². The Morgan fingerprint density at radius 2 is 1.85 bits per heavy atom. The highest BCUT2D eigenvalue weighted by molar-refractivity contribution is 5.95. The highest BCUT2D eigenvalue weighted by Gasteiger charge is 2.25. The van der Waals surface area contributed by atoms with Gasteiger partial charge < -0.3 is 9.80 Å². The summed E-state index contributed by atoms with van der Waals surface area (Å²) in [6, 6.07) is 12.5. The average Bonchev–Trinajstić information content (AvgIpc) is 3.04. The average molecular weight is 445 g/mol. The van der Waals surface area contributed by atoms with Crippen LogP contribution in [-0.2, 0) is 0 Å². The van der Waals surface area contributed by atoms with Gasteiger partial charge in [-0.15, -0.1) is 10.2 Å². The number of nitro groups is 1. The van der Waals surface area contributed by atoms with Gasteiger partial charge in [-0.2, -0.15) is 0 Å². The van der Waals surface area contributed by atoms with E-state index >= 15 is 0 Å². The molecule has 1 fully saturated rings. The van der Waals surface area contributed by atoms with Crippen molar-refractivity contribution in [2.45, 2.75) is 20.3 Å². The molecule has 168 valence electrons. The molecule has 1 aliphatic rings. The first-order chi connectivity index (χ1) is 15.9. The van der Waals surface area contributed by atoms with Crippen molar-refractivity contribution in [3.8, 4) is 0 Å². The number of anilines is 1. The van der Waals surface area contributed by atoms with Crippen LogP contribution in [-0.4, -0.2) is 61.5 Å². The molecule has 0 radical (unpaired) electrons. The lowest BCUT2D eigenvalue weighted by atomic mass is 10.1. The smallest absolute Gasteiger partial charge is 0.273 e. The molecular weight excluding hydrogens is 422 g/mol. The van der Waals surface area contributed by atoms with E-state index in [1.807, 2.05) is 35.6 Å². The van der Waals surface area contributed by atoms with Crippen LogP contribution >= 0.6 is 0 Å². The Balaban J connectivity index is 1.44. The number of aromatic nitrogens is 4. The maximum Gasteiger partial charge on any atom is 0.273 e. The molecule has 3 heterocycles. The van der Waals surface area contributed by atoms with Gasteiger partial charge in [-0.25, -0.2) is 9.38 Å². The van der Waals surface area contributed by atoms with E-state index in [9.17, 15) is 14.9 Å². The van der Waals surface area contributed by atoms with Crippen LogP contribution in [0.3, 0.4) is 0 Å². The second-order valence-corrected chi connectivity index (χ2v) is 8.23. The van der Waals surface area contributed by atoms with Crippen LogP contribution < -0.4 is 4.90 Å². The van der Waals surface area contributed by atoms with Crippen molar-refractivity contribution in [2.75, 3.05) is 31.1 Å². The Morgan fingerprint density at radius 1 is 1.03 bits per heavy atom. The van der Waals surface area contributed by atoms with Crippen LogP contribution in [0, 0.1) is 24.0 Å². The predicted octanol–water partition coefficient (Wildman–Crippen LogP) is 3.16. The molecule has 1 amide bonds. The number of aryl methyl sites for hydroxylation is 2. The number of para-hydroxylation sites is 1. The predicted molar refractivity (Wildman–Crippen MR) is 124 cm³/mol. The van der Waals surface area contributed by atoms with E-state index in [0.717, 1.165) is 41.3 Å². The molecule has 0 atom stereocenters. The molecular formula is C23H23N7O3. The van der Waals surface area contributed by atoms with Crippen molar-refractivity contribution in [1.82, 2.24) is 24.5 Å². The van der Waals surface area contributed by atoms with E-state index in [1.54, 1.807) is 24.0 Å². The largest absolute Gasteiger partial charge is 0.340 e. The molecule has 0 N–H and O–H groups in total. The van der Waals surface area contributed by atoms with Gasteiger partial charge in [0.1, 0.15) is 5.82 Å². The van der Waals surface area contributed by atoms with Gasteiger partial charge in [-0.05, 0) is 38.5 Å². The second-order valence-electron chi connectivity index (χ2n) is 8.23. The SMILES string of the molecule is Cc1ccc(C(=O)N2CCCN(c3nc4ccccc4c4nnc(C)n34)CC2)cc1[N+](=O)[O-]. The van der Waals surface area contributed by atoms with Crippen molar-refractivity contribution >= 4 is 34.1 Å². The summed E-state index contributed by atoms with van der Waals surface area (Å²) in [4.78, 5) is 32.8. The van der Waals surface area contributed by atoms with Crippen LogP contribution in [0.25, 0.3) is 16.6 Å². The lowest BCUT2D eigenvalue weighted by molar-refractivity contribution is -0.385. The lowest BCUT2D eigenvalue weighted by Gasteiger charge is -2.24. The zero-order valence-electron chi connectivity index (χ0n) is 18.4. The summed E-state index contributed by atoms with van der Waals surface area (Å²) in [6.07, 6.45) is 0.747. The minimum atomic E-state index is -0.450. The standard InChI is InChI=1S/C23H23N7O3/c1-15-8-9-17(14-20(15)30(32)33)22(31)27-10-5-11-28(13-12-27)23-24-19-7-4-3-6-18(19)21-26-25-16(2)29(21)23/h3-4,6-9,14H,5,10-13H2,1-2H3. The molecule has 0 aliphatic carbocycles. The summed E-state index contributed by atoms with van der Waals surface area (Å²) in [5.74, 6) is 1.31. The van der Waals surface area contributed by atoms with Gasteiger partial charge in [0.15, 0.2) is 5.65 Å². The first-order valence-electron chi connectivity index (χ1n) is 10.8. The van der Waals surface area contributed by atoms with Gasteiger partial charge in [-0.3, -0.25) is 14.9 Å². The molecule has 1 aliphatic heterocycles. The third-order valence-corrected chi connectivity index (χ3v) is 6.11. The molecule has 33 heavy (non-hydrogen) atoms. The third kappa shape index (κ3) is 3.63. The second kappa shape index (κ2) is 8.12. The van der Waals surface area contributed by atoms with Crippen LogP contribution in [0.1, 0.15) is 28.2 Å². The summed E-state index contributed by atoms with van der Waals surface area (Å²) in [5.41, 5.74) is 2.44. The highest BCUT2D eigenvalue weighted by atomic mass is 16.6. The number of carbonyl (C=O) groups excluding carboxylic acids is 1. The van der Waals surface area contributed by atoms with Crippen molar-refractivity contribution in [3.63, 3.8) is 0 Å². The first-order valence-corrected chi connectivity index (χ1v) is 10.8. The van der Waals surface area contributed by atoms with E-state index < -0.39 is 4.92 Å². The van der Waals surface area contributed by atoms with Gasteiger partial charge in [0.25, 0.3) is 11.6 Å². The molecule has 0 spiro atoms. The number of amides is 1. The zero-order chi connectivity index (χ0) is 23.1. The van der Waals surface area contributed by atoms with Gasteiger partial charge >= 0.3 is 0 Å². The fourth-order valence-electron chi connectivity index (χ4n) is 4.35. The maximum atomic E-state index is 13.1. The normalized spacial score (nSPS) is 14.6. The maximum absolute atomic E-state index is 13.1. The van der Waals surface area contributed by atoms with Crippen LogP contribution in [0.2, 0.25) is 0 Å². The fourth-order valence-corrected chi connectivity index (χ4v) is 4.35. The Morgan fingerprint density at radius 3 is 2.67 bits per heavy atom. The Bertz CT molecular complexity index is 1400. The summed E-state index contributed by atoms with van der Waals surface area (Å²) in [5, 5.41) is 20.9. The van der Waals surface area contributed by atoms with Gasteiger partial charge in [-0.1, -0.05) is 18.2 Å². The van der Waals surface area contributed by atoms with E-state index in [-0.39, 0.29) is 11.6 Å². The fraction of sp³-hybridized carbons (Fsp3) is 0.304. The van der Waals surface area contributed by atoms with E-state index in [4.69, 9.17) is 4.98 Å². The molecule has 2 aromatic carbocycles. The van der Waals surface area contributed by atoms with Crippen molar-refractivity contribution in [2.24, 2.45) is 0 Å². The van der Waals surface area contributed by atoms with E-state index in [0.29, 0.717) is 30.8 Å². The van der Waals surface area contributed by atoms with Gasteiger partial charge in [0, 0.05) is 48.8 Å². The summed E-state index contributed by atoms with van der Waals surface area (Å²) in [7, 11) is 0. The van der Waals surface area contributed by atoms with Crippen LogP contribution in [0.15, 0.2) is 42.5 Å². The van der Waals surface area contributed by atoms with Crippen molar-refractivity contribution in [1.29, 1.82) is 0 Å². The molecule has 5 rings (SSSR count). The Hall–Kier alpha value is -4.08. The topological polar surface area (TPSA) is 110 Å². The molecule has 1 saturated heterocycles. The summed E-state index contributed by atoms with van der Waals surface area (Å²) >= 11 is 0. The van der Waals surface area contributed by atoms with Crippen molar-refractivity contribution < 1.29 is 9.72 Å². The number of nitro benzene ring substituents is 1. The summed E-state index contributed by atoms with van der Waals surface area (Å²) in [6.45, 7) is 5.92. The number of hydrogen-bond acceptors (Lipinski definition) is 7. The minimum absolute atomic E-state index is 0.0388. The molecule has 10 heteroatoms. The van der Waals surface area contributed by atoms with E-state index in [1.165, 1.54) is 6.07 Å². The Kier molecular flexibility index (Phi) is 5.12. The minimum Gasteiger partial charge on any atom is -0.340 e. The quantitative estimate of drug-likeness (QED) is 0.352. The number of carbonyl (C=O) groups is 1. The number of rotatable bonds is 3. The monoisotopic (exact) mass is 445 g/mol. The number of nitrogens with zero attached hydrogens (tertiary/aromatic N) is 7. The molecule has 0 unspecified atom stereocenters. The Labute approximate surface area is 189 Å². The molecule has 0 bridgehead atoms. The molecule has 10 nitrogen and oxygen atoms in total. The highest BCUT2D eigenvalue weighted by Crippen LogP contribution is 2.25.